The van der Waals surface area contributed by atoms with E-state index in [2.05, 4.69) is 15.2 Å². The lowest BCUT2D eigenvalue weighted by atomic mass is 10.1. The van der Waals surface area contributed by atoms with Crippen molar-refractivity contribution in [2.45, 2.75) is 38.0 Å². The van der Waals surface area contributed by atoms with Crippen LogP contribution in [0.25, 0.3) is 11.0 Å². The second-order valence-electron chi connectivity index (χ2n) is 6.72. The van der Waals surface area contributed by atoms with Gasteiger partial charge in [-0.15, -0.1) is 5.10 Å². The highest BCUT2D eigenvalue weighted by atomic mass is 16.3. The lowest BCUT2D eigenvalue weighted by Gasteiger charge is -2.39. The standard InChI is InChI=1S/C17H23N5O2/c23-16-7-3-6-15(16)20-8-10-21(11-9-20)17(24)12-22-14-5-2-1-4-13(14)18-19-22/h1-2,4-5,15-16,23H,3,6-12H2. The molecule has 1 aliphatic carbocycles. The Bertz CT molecular complexity index is 723. The molecule has 2 aliphatic rings. The first kappa shape index (κ1) is 15.5. The van der Waals surface area contributed by atoms with E-state index in [1.165, 1.54) is 0 Å². The molecule has 128 valence electrons. The number of aromatic nitrogens is 3. The minimum atomic E-state index is -0.200. The molecule has 7 nitrogen and oxygen atoms in total. The molecule has 2 unspecified atom stereocenters. The van der Waals surface area contributed by atoms with Gasteiger partial charge in [0.25, 0.3) is 0 Å². The maximum atomic E-state index is 12.6. The number of fused-ring (bicyclic) bond motifs is 1. The van der Waals surface area contributed by atoms with Crippen LogP contribution in [-0.2, 0) is 11.3 Å². The minimum absolute atomic E-state index is 0.0808. The quantitative estimate of drug-likeness (QED) is 0.887. The molecule has 2 fully saturated rings. The average molecular weight is 329 g/mol. The lowest BCUT2D eigenvalue weighted by Crippen LogP contribution is -2.54. The van der Waals surface area contributed by atoms with Crippen LogP contribution < -0.4 is 0 Å². The predicted molar refractivity (Wildman–Crippen MR) is 89.3 cm³/mol. The van der Waals surface area contributed by atoms with Crippen LogP contribution >= 0.6 is 0 Å². The molecular formula is C17H23N5O2. The van der Waals surface area contributed by atoms with Gasteiger partial charge in [0.05, 0.1) is 11.6 Å². The topological polar surface area (TPSA) is 74.5 Å². The molecular weight excluding hydrogens is 306 g/mol. The number of carbonyl (C=O) groups excluding carboxylic acids is 1. The van der Waals surface area contributed by atoms with Crippen LogP contribution in [0.1, 0.15) is 19.3 Å². The second kappa shape index (κ2) is 6.49. The SMILES string of the molecule is O=C(Cn1nnc2ccccc21)N1CCN(C2CCCC2O)CC1. The number of carbonyl (C=O) groups is 1. The zero-order chi connectivity index (χ0) is 16.5. The molecule has 2 heterocycles. The molecule has 1 aromatic heterocycles. The van der Waals surface area contributed by atoms with Crippen LogP contribution in [0.2, 0.25) is 0 Å². The molecule has 1 aromatic carbocycles. The van der Waals surface area contributed by atoms with Crippen LogP contribution in [0.3, 0.4) is 0 Å². The largest absolute Gasteiger partial charge is 0.391 e. The molecule has 0 radical (unpaired) electrons. The maximum absolute atomic E-state index is 12.6. The Kier molecular flexibility index (Phi) is 4.20. The summed E-state index contributed by atoms with van der Waals surface area (Å²) in [6, 6.07) is 7.95. The van der Waals surface area contributed by atoms with E-state index in [0.29, 0.717) is 13.1 Å². The van der Waals surface area contributed by atoms with Crippen molar-refractivity contribution in [3.05, 3.63) is 24.3 Å². The van der Waals surface area contributed by atoms with Gasteiger partial charge in [0.1, 0.15) is 12.1 Å². The molecule has 4 rings (SSSR count). The fourth-order valence-electron chi connectivity index (χ4n) is 3.91. The van der Waals surface area contributed by atoms with Crippen LogP contribution in [0.5, 0.6) is 0 Å². The van der Waals surface area contributed by atoms with E-state index in [1.807, 2.05) is 29.2 Å². The Morgan fingerprint density at radius 1 is 1.17 bits per heavy atom. The molecule has 1 aliphatic heterocycles. The van der Waals surface area contributed by atoms with E-state index in [1.54, 1.807) is 4.68 Å². The summed E-state index contributed by atoms with van der Waals surface area (Å²) in [5.41, 5.74) is 1.70. The first-order valence-corrected chi connectivity index (χ1v) is 8.70. The van der Waals surface area contributed by atoms with Gasteiger partial charge in [-0.2, -0.15) is 0 Å². The Labute approximate surface area is 140 Å². The number of hydrogen-bond acceptors (Lipinski definition) is 5. The van der Waals surface area contributed by atoms with Crippen molar-refractivity contribution in [3.8, 4) is 0 Å². The zero-order valence-electron chi connectivity index (χ0n) is 13.7. The highest BCUT2D eigenvalue weighted by Crippen LogP contribution is 2.25. The molecule has 2 atom stereocenters. The number of benzene rings is 1. The smallest absolute Gasteiger partial charge is 0.244 e. The first-order valence-electron chi connectivity index (χ1n) is 8.70. The number of hydrogen-bond donors (Lipinski definition) is 1. The number of para-hydroxylation sites is 1. The summed E-state index contributed by atoms with van der Waals surface area (Å²) in [4.78, 5) is 16.8. The van der Waals surface area contributed by atoms with Gasteiger partial charge in [-0.05, 0) is 31.4 Å². The van der Waals surface area contributed by atoms with E-state index < -0.39 is 0 Å². The molecule has 1 N–H and O–H groups in total. The number of nitrogens with zero attached hydrogens (tertiary/aromatic N) is 5. The van der Waals surface area contributed by atoms with Crippen molar-refractivity contribution in [1.29, 1.82) is 0 Å². The first-order chi connectivity index (χ1) is 11.7. The Balaban J connectivity index is 1.36. The third kappa shape index (κ3) is 2.89. The summed E-state index contributed by atoms with van der Waals surface area (Å²) in [6.07, 6.45) is 2.88. The van der Waals surface area contributed by atoms with Crippen LogP contribution in [0, 0.1) is 0 Å². The summed E-state index contributed by atoms with van der Waals surface area (Å²) in [6.45, 7) is 3.34. The molecule has 7 heteroatoms. The van der Waals surface area contributed by atoms with E-state index in [-0.39, 0.29) is 24.6 Å². The molecule has 0 bridgehead atoms. The Morgan fingerprint density at radius 2 is 1.96 bits per heavy atom. The third-order valence-corrected chi connectivity index (χ3v) is 5.29. The third-order valence-electron chi connectivity index (χ3n) is 5.29. The zero-order valence-corrected chi connectivity index (χ0v) is 13.7. The van der Waals surface area contributed by atoms with Gasteiger partial charge < -0.3 is 10.0 Å². The van der Waals surface area contributed by atoms with Gasteiger partial charge in [0.2, 0.25) is 5.91 Å². The van der Waals surface area contributed by atoms with Crippen molar-refractivity contribution in [1.82, 2.24) is 24.8 Å². The lowest BCUT2D eigenvalue weighted by molar-refractivity contribution is -0.134. The summed E-state index contributed by atoms with van der Waals surface area (Å²) in [5.74, 6) is 0.0808. The van der Waals surface area contributed by atoms with Crippen LogP contribution in [-0.4, -0.2) is 74.1 Å². The van der Waals surface area contributed by atoms with Gasteiger partial charge in [0, 0.05) is 32.2 Å². The van der Waals surface area contributed by atoms with Crippen molar-refractivity contribution in [2.75, 3.05) is 26.2 Å². The number of aliphatic hydroxyl groups excluding tert-OH is 1. The van der Waals surface area contributed by atoms with Gasteiger partial charge in [-0.25, -0.2) is 4.68 Å². The van der Waals surface area contributed by atoms with Crippen LogP contribution in [0.15, 0.2) is 24.3 Å². The molecule has 2 aromatic rings. The summed E-state index contributed by atoms with van der Waals surface area (Å²) >= 11 is 0. The van der Waals surface area contributed by atoms with E-state index in [4.69, 9.17) is 0 Å². The molecule has 24 heavy (non-hydrogen) atoms. The molecule has 1 saturated heterocycles. The van der Waals surface area contributed by atoms with E-state index >= 15 is 0 Å². The van der Waals surface area contributed by atoms with Crippen molar-refractivity contribution in [3.63, 3.8) is 0 Å². The van der Waals surface area contributed by atoms with E-state index in [0.717, 1.165) is 43.4 Å². The van der Waals surface area contributed by atoms with Crippen molar-refractivity contribution in [2.24, 2.45) is 0 Å². The normalized spacial score (nSPS) is 25.5. The number of aliphatic hydroxyl groups is 1. The van der Waals surface area contributed by atoms with Crippen molar-refractivity contribution < 1.29 is 9.90 Å². The Hall–Kier alpha value is -1.99. The summed E-state index contributed by atoms with van der Waals surface area (Å²) in [5, 5.41) is 18.2. The minimum Gasteiger partial charge on any atom is -0.391 e. The average Bonchev–Trinajstić information content (AvgIpc) is 3.22. The fourth-order valence-corrected chi connectivity index (χ4v) is 3.91. The monoisotopic (exact) mass is 329 g/mol. The van der Waals surface area contributed by atoms with Gasteiger partial charge in [-0.3, -0.25) is 9.69 Å². The number of amides is 1. The fraction of sp³-hybridized carbons (Fsp3) is 0.588. The Morgan fingerprint density at radius 3 is 2.71 bits per heavy atom. The number of rotatable bonds is 3. The molecule has 1 saturated carbocycles. The number of piperazine rings is 1. The highest BCUT2D eigenvalue weighted by molar-refractivity contribution is 5.79. The highest BCUT2D eigenvalue weighted by Gasteiger charge is 2.33. The van der Waals surface area contributed by atoms with Crippen molar-refractivity contribution >= 4 is 16.9 Å². The summed E-state index contributed by atoms with van der Waals surface area (Å²) in [7, 11) is 0. The van der Waals surface area contributed by atoms with Gasteiger partial charge >= 0.3 is 0 Å². The predicted octanol–water partition coefficient (Wildman–Crippen LogP) is 0.489. The van der Waals surface area contributed by atoms with E-state index in [9.17, 15) is 9.90 Å². The maximum Gasteiger partial charge on any atom is 0.244 e. The van der Waals surface area contributed by atoms with Crippen LogP contribution in [0.4, 0.5) is 0 Å². The second-order valence-corrected chi connectivity index (χ2v) is 6.72. The molecule has 1 amide bonds. The van der Waals surface area contributed by atoms with Gasteiger partial charge in [-0.1, -0.05) is 17.3 Å². The molecule has 0 spiro atoms. The van der Waals surface area contributed by atoms with Gasteiger partial charge in [0.15, 0.2) is 0 Å². The summed E-state index contributed by atoms with van der Waals surface area (Å²) < 4.78 is 1.67.